The molecule has 5 nitrogen and oxygen atoms in total. The lowest BCUT2D eigenvalue weighted by Crippen LogP contribution is -2.35. The minimum atomic E-state index is -3.12. The third-order valence-electron chi connectivity index (χ3n) is 4.61. The second kappa shape index (κ2) is 5.48. The lowest BCUT2D eigenvalue weighted by Gasteiger charge is -2.17. The van der Waals surface area contributed by atoms with Gasteiger partial charge in [-0.05, 0) is 37.7 Å². The van der Waals surface area contributed by atoms with E-state index in [9.17, 15) is 8.42 Å². The van der Waals surface area contributed by atoms with Gasteiger partial charge in [-0.1, -0.05) is 12.8 Å². The Bertz CT molecular complexity index is 529. The Balaban J connectivity index is 1.50. The van der Waals surface area contributed by atoms with Gasteiger partial charge < -0.3 is 0 Å². The molecule has 112 valence electrons. The Hall–Kier alpha value is -0.880. The van der Waals surface area contributed by atoms with Gasteiger partial charge >= 0.3 is 0 Å². The lowest BCUT2D eigenvalue weighted by molar-refractivity contribution is 0.392. The Labute approximate surface area is 120 Å². The molecule has 1 aromatic rings. The summed E-state index contributed by atoms with van der Waals surface area (Å²) in [6, 6.07) is 1.90. The summed E-state index contributed by atoms with van der Waals surface area (Å²) in [6.07, 6.45) is 10.4. The zero-order valence-corrected chi connectivity index (χ0v) is 12.6. The molecular formula is C14H23N3O2S. The minimum absolute atomic E-state index is 0.0920. The highest BCUT2D eigenvalue weighted by atomic mass is 32.2. The van der Waals surface area contributed by atoms with Gasteiger partial charge in [0.25, 0.3) is 0 Å². The Morgan fingerprint density at radius 1 is 1.30 bits per heavy atom. The molecule has 2 saturated carbocycles. The van der Waals surface area contributed by atoms with E-state index in [-0.39, 0.29) is 5.41 Å². The van der Waals surface area contributed by atoms with Gasteiger partial charge in [-0.15, -0.1) is 0 Å². The van der Waals surface area contributed by atoms with Crippen molar-refractivity contribution in [3.8, 4) is 0 Å². The molecule has 3 rings (SSSR count). The van der Waals surface area contributed by atoms with Crippen molar-refractivity contribution >= 4 is 10.0 Å². The van der Waals surface area contributed by atoms with Gasteiger partial charge in [0.15, 0.2) is 0 Å². The summed E-state index contributed by atoms with van der Waals surface area (Å²) in [4.78, 5) is 0. The third kappa shape index (κ3) is 3.61. The van der Waals surface area contributed by atoms with Crippen LogP contribution in [-0.2, 0) is 16.6 Å². The van der Waals surface area contributed by atoms with Gasteiger partial charge in [0.1, 0.15) is 0 Å². The third-order valence-corrected chi connectivity index (χ3v) is 6.11. The van der Waals surface area contributed by atoms with Gasteiger partial charge in [0, 0.05) is 30.9 Å². The number of sulfonamides is 1. The first-order valence-electron chi connectivity index (χ1n) is 7.52. The smallest absolute Gasteiger partial charge is 0.211 e. The van der Waals surface area contributed by atoms with E-state index in [0.29, 0.717) is 18.2 Å². The first-order valence-corrected chi connectivity index (χ1v) is 9.17. The van der Waals surface area contributed by atoms with Crippen molar-refractivity contribution in [1.82, 2.24) is 14.5 Å². The van der Waals surface area contributed by atoms with Crippen LogP contribution in [-0.4, -0.2) is 30.5 Å². The molecule has 0 unspecified atom stereocenters. The van der Waals surface area contributed by atoms with Crippen LogP contribution in [0.15, 0.2) is 18.5 Å². The van der Waals surface area contributed by atoms with Crippen molar-refractivity contribution in [2.75, 3.05) is 12.3 Å². The average molecular weight is 297 g/mol. The number of nitrogens with zero attached hydrogens (tertiary/aromatic N) is 2. The normalized spacial score (nSPS) is 22.2. The van der Waals surface area contributed by atoms with Crippen molar-refractivity contribution < 1.29 is 8.42 Å². The topological polar surface area (TPSA) is 64.0 Å². The fourth-order valence-electron chi connectivity index (χ4n) is 3.11. The maximum absolute atomic E-state index is 12.1. The molecule has 0 aliphatic heterocycles. The first kappa shape index (κ1) is 14.1. The van der Waals surface area contributed by atoms with E-state index in [4.69, 9.17) is 0 Å². The highest BCUT2D eigenvalue weighted by Gasteiger charge is 2.43. The largest absolute Gasteiger partial charge is 0.272 e. The molecule has 0 amide bonds. The van der Waals surface area contributed by atoms with E-state index in [1.54, 1.807) is 6.20 Å². The molecule has 0 spiro atoms. The number of hydrogen-bond donors (Lipinski definition) is 1. The number of hydrogen-bond acceptors (Lipinski definition) is 3. The van der Waals surface area contributed by atoms with Crippen molar-refractivity contribution in [1.29, 1.82) is 0 Å². The Morgan fingerprint density at radius 3 is 2.65 bits per heavy atom. The molecule has 2 aliphatic carbocycles. The SMILES string of the molecule is O=S(=O)(CC1CCCC1)NCC1(Cn2cccn2)CC1. The van der Waals surface area contributed by atoms with Crippen LogP contribution in [0.3, 0.4) is 0 Å². The van der Waals surface area contributed by atoms with Crippen LogP contribution in [0.4, 0.5) is 0 Å². The lowest BCUT2D eigenvalue weighted by atomic mass is 10.1. The van der Waals surface area contributed by atoms with E-state index in [1.165, 1.54) is 12.8 Å². The van der Waals surface area contributed by atoms with E-state index in [1.807, 2.05) is 16.9 Å². The molecule has 1 heterocycles. The van der Waals surface area contributed by atoms with E-state index >= 15 is 0 Å². The monoisotopic (exact) mass is 297 g/mol. The second-order valence-electron chi connectivity index (χ2n) is 6.46. The van der Waals surface area contributed by atoms with Gasteiger partial charge in [-0.2, -0.15) is 5.10 Å². The fourth-order valence-corrected chi connectivity index (χ4v) is 4.71. The molecule has 2 fully saturated rings. The van der Waals surface area contributed by atoms with E-state index in [2.05, 4.69) is 9.82 Å². The molecule has 2 aliphatic rings. The summed E-state index contributed by atoms with van der Waals surface area (Å²) in [6.45, 7) is 1.37. The van der Waals surface area contributed by atoms with Crippen molar-refractivity contribution in [3.05, 3.63) is 18.5 Å². The summed E-state index contributed by atoms with van der Waals surface area (Å²) < 4.78 is 29.0. The fraction of sp³-hybridized carbons (Fsp3) is 0.786. The molecule has 0 atom stereocenters. The van der Waals surface area contributed by atoms with Gasteiger partial charge in [0.2, 0.25) is 10.0 Å². The quantitative estimate of drug-likeness (QED) is 0.834. The first-order chi connectivity index (χ1) is 9.57. The van der Waals surface area contributed by atoms with Crippen LogP contribution in [0, 0.1) is 11.3 Å². The molecule has 1 aromatic heterocycles. The van der Waals surface area contributed by atoms with Crippen LogP contribution in [0.1, 0.15) is 38.5 Å². The molecule has 0 radical (unpaired) electrons. The minimum Gasteiger partial charge on any atom is -0.272 e. The van der Waals surface area contributed by atoms with Crippen LogP contribution in [0.5, 0.6) is 0 Å². The van der Waals surface area contributed by atoms with Crippen LogP contribution in [0.2, 0.25) is 0 Å². The van der Waals surface area contributed by atoms with E-state index in [0.717, 1.165) is 32.2 Å². The molecular weight excluding hydrogens is 274 g/mol. The predicted octanol–water partition coefficient (Wildman–Crippen LogP) is 1.77. The summed E-state index contributed by atoms with van der Waals surface area (Å²) in [5.41, 5.74) is 0.0920. The van der Waals surface area contributed by atoms with E-state index < -0.39 is 10.0 Å². The van der Waals surface area contributed by atoms with Crippen molar-refractivity contribution in [3.63, 3.8) is 0 Å². The van der Waals surface area contributed by atoms with Crippen molar-refractivity contribution in [2.24, 2.45) is 11.3 Å². The zero-order chi connectivity index (χ0) is 14.1. The molecule has 0 bridgehead atoms. The number of nitrogens with one attached hydrogen (secondary N) is 1. The maximum Gasteiger partial charge on any atom is 0.211 e. The van der Waals surface area contributed by atoms with Crippen LogP contribution in [0.25, 0.3) is 0 Å². The predicted molar refractivity (Wildman–Crippen MR) is 77.6 cm³/mol. The standard InChI is InChI=1S/C14H23N3O2S/c18-20(19,10-13-4-1-2-5-13)16-11-14(6-7-14)12-17-9-3-8-15-17/h3,8-9,13,16H,1-2,4-7,10-12H2. The highest BCUT2D eigenvalue weighted by Crippen LogP contribution is 2.46. The maximum atomic E-state index is 12.1. The van der Waals surface area contributed by atoms with Crippen LogP contribution < -0.4 is 4.72 Å². The Morgan fingerprint density at radius 2 is 2.05 bits per heavy atom. The summed E-state index contributed by atoms with van der Waals surface area (Å²) in [5, 5.41) is 4.21. The van der Waals surface area contributed by atoms with Gasteiger partial charge in [-0.25, -0.2) is 13.1 Å². The second-order valence-corrected chi connectivity index (χ2v) is 8.31. The molecule has 6 heteroatoms. The summed E-state index contributed by atoms with van der Waals surface area (Å²) >= 11 is 0. The molecule has 1 N–H and O–H groups in total. The summed E-state index contributed by atoms with van der Waals surface area (Å²) in [7, 11) is -3.12. The van der Waals surface area contributed by atoms with Gasteiger partial charge in [-0.3, -0.25) is 4.68 Å². The molecule has 20 heavy (non-hydrogen) atoms. The molecule has 0 aromatic carbocycles. The highest BCUT2D eigenvalue weighted by molar-refractivity contribution is 7.89. The summed E-state index contributed by atoms with van der Waals surface area (Å²) in [5.74, 6) is 0.680. The number of rotatable bonds is 7. The van der Waals surface area contributed by atoms with Gasteiger partial charge in [0.05, 0.1) is 5.75 Å². The zero-order valence-electron chi connectivity index (χ0n) is 11.8. The average Bonchev–Trinajstić information content (AvgIpc) is 2.82. The Kier molecular flexibility index (Phi) is 3.86. The number of aromatic nitrogens is 2. The van der Waals surface area contributed by atoms with Crippen LogP contribution >= 0.6 is 0 Å². The molecule has 0 saturated heterocycles. The van der Waals surface area contributed by atoms with Crippen molar-refractivity contribution in [2.45, 2.75) is 45.1 Å².